The molecule has 0 heterocycles. The Kier molecular flexibility index (Phi) is 8.22. The van der Waals surface area contributed by atoms with Crippen molar-refractivity contribution in [1.29, 1.82) is 0 Å². The summed E-state index contributed by atoms with van der Waals surface area (Å²) in [7, 11) is -1.79. The molecule has 1 atom stereocenters. The number of anilines is 1. The summed E-state index contributed by atoms with van der Waals surface area (Å²) in [6.45, 7) is 8.40. The third-order valence-corrected chi connectivity index (χ3v) is 7.18. The van der Waals surface area contributed by atoms with Crippen molar-refractivity contribution in [2.75, 3.05) is 17.7 Å². The highest BCUT2D eigenvalue weighted by atomic mass is 32.2. The summed E-state index contributed by atoms with van der Waals surface area (Å²) in [6, 6.07) is 19.9. The van der Waals surface area contributed by atoms with E-state index >= 15 is 0 Å². The molecule has 3 rings (SSSR count). The van der Waals surface area contributed by atoms with E-state index in [1.807, 2.05) is 26.0 Å². The van der Waals surface area contributed by atoms with Crippen LogP contribution in [0.2, 0.25) is 0 Å². The first-order valence-electron chi connectivity index (χ1n) is 11.6. The van der Waals surface area contributed by atoms with Crippen LogP contribution in [0.1, 0.15) is 65.3 Å². The van der Waals surface area contributed by atoms with Crippen molar-refractivity contribution in [3.8, 4) is 5.75 Å². The van der Waals surface area contributed by atoms with Gasteiger partial charge in [-0.1, -0.05) is 44.2 Å². The molecule has 35 heavy (non-hydrogen) atoms. The average molecular weight is 495 g/mol. The molecule has 6 nitrogen and oxygen atoms in total. The zero-order valence-electron chi connectivity index (χ0n) is 21.2. The molecule has 1 N–H and O–H groups in total. The summed E-state index contributed by atoms with van der Waals surface area (Å²) in [5.74, 6) is 0.963. The maximum atomic E-state index is 13.0. The number of carbonyl (C=O) groups is 1. The molecule has 0 aliphatic carbocycles. The van der Waals surface area contributed by atoms with Crippen LogP contribution in [0.4, 0.5) is 5.69 Å². The second-order valence-electron chi connectivity index (χ2n) is 9.10. The number of hydrogen-bond donors (Lipinski definition) is 1. The van der Waals surface area contributed by atoms with Crippen LogP contribution in [-0.2, 0) is 16.6 Å². The van der Waals surface area contributed by atoms with E-state index in [1.165, 1.54) is 10.6 Å². The molecule has 3 aromatic carbocycles. The molecule has 3 aromatic rings. The van der Waals surface area contributed by atoms with Gasteiger partial charge in [-0.25, -0.2) is 8.42 Å². The molecular formula is C28H34N2O4S. The maximum Gasteiger partial charge on any atom is 0.251 e. The highest BCUT2D eigenvalue weighted by molar-refractivity contribution is 7.92. The number of benzene rings is 3. The fourth-order valence-corrected chi connectivity index (χ4v) is 4.98. The van der Waals surface area contributed by atoms with Crippen LogP contribution in [0.15, 0.2) is 66.7 Å². The number of para-hydroxylation sites is 1. The van der Waals surface area contributed by atoms with E-state index in [0.717, 1.165) is 28.0 Å². The first kappa shape index (κ1) is 26.3. The molecule has 0 spiro atoms. The van der Waals surface area contributed by atoms with Gasteiger partial charge in [-0.15, -0.1) is 0 Å². The van der Waals surface area contributed by atoms with Gasteiger partial charge in [-0.2, -0.15) is 0 Å². The van der Waals surface area contributed by atoms with Gasteiger partial charge in [0.25, 0.3) is 5.91 Å². The molecule has 0 unspecified atom stereocenters. The second kappa shape index (κ2) is 11.0. The number of nitrogens with zero attached hydrogens (tertiary/aromatic N) is 1. The number of sulfonamides is 1. The predicted octanol–water partition coefficient (Wildman–Crippen LogP) is 5.58. The number of ether oxygens (including phenoxy) is 1. The summed E-state index contributed by atoms with van der Waals surface area (Å²) in [4.78, 5) is 13.0. The van der Waals surface area contributed by atoms with Crippen molar-refractivity contribution in [1.82, 2.24) is 5.32 Å². The van der Waals surface area contributed by atoms with Crippen LogP contribution in [0.5, 0.6) is 5.75 Å². The topological polar surface area (TPSA) is 75.7 Å². The van der Waals surface area contributed by atoms with Gasteiger partial charge in [0.2, 0.25) is 10.0 Å². The molecule has 0 saturated carbocycles. The molecule has 7 heteroatoms. The maximum absolute atomic E-state index is 13.0. The Morgan fingerprint density at radius 1 is 0.971 bits per heavy atom. The summed E-state index contributed by atoms with van der Waals surface area (Å²) in [5.41, 5.74) is 5.11. The summed E-state index contributed by atoms with van der Waals surface area (Å²) < 4.78 is 31.6. The lowest BCUT2D eigenvalue weighted by Crippen LogP contribution is -2.29. The fourth-order valence-electron chi connectivity index (χ4n) is 4.09. The van der Waals surface area contributed by atoms with E-state index in [1.54, 1.807) is 55.6 Å². The lowest BCUT2D eigenvalue weighted by Gasteiger charge is -2.23. The Morgan fingerprint density at radius 3 is 2.14 bits per heavy atom. The van der Waals surface area contributed by atoms with E-state index < -0.39 is 10.0 Å². The van der Waals surface area contributed by atoms with Crippen LogP contribution in [0.3, 0.4) is 0 Å². The Balaban J connectivity index is 1.75. The Hall–Kier alpha value is -3.32. The Morgan fingerprint density at radius 2 is 1.60 bits per heavy atom. The summed E-state index contributed by atoms with van der Waals surface area (Å²) in [6.07, 6.45) is 1.19. The van der Waals surface area contributed by atoms with Gasteiger partial charge < -0.3 is 10.1 Å². The molecule has 0 aliphatic rings. The fraction of sp³-hybridized carbons (Fsp3) is 0.321. The zero-order valence-corrected chi connectivity index (χ0v) is 22.0. The third kappa shape index (κ3) is 6.42. The molecule has 0 saturated heterocycles. The number of amides is 1. The van der Waals surface area contributed by atoms with Crippen LogP contribution in [0.25, 0.3) is 0 Å². The van der Waals surface area contributed by atoms with Crippen LogP contribution in [0, 0.1) is 6.92 Å². The Labute approximate surface area is 209 Å². The number of aryl methyl sites for hydroxylation is 1. The first-order chi connectivity index (χ1) is 16.5. The molecule has 0 fully saturated rings. The minimum Gasteiger partial charge on any atom is -0.496 e. The minimum atomic E-state index is -3.46. The van der Waals surface area contributed by atoms with Crippen molar-refractivity contribution in [3.05, 3.63) is 94.5 Å². The average Bonchev–Trinajstić information content (AvgIpc) is 2.82. The quantitative estimate of drug-likeness (QED) is 0.421. The van der Waals surface area contributed by atoms with E-state index in [-0.39, 0.29) is 18.5 Å². The van der Waals surface area contributed by atoms with Gasteiger partial charge in [0, 0.05) is 5.56 Å². The molecule has 0 aromatic heterocycles. The highest BCUT2D eigenvalue weighted by Crippen LogP contribution is 2.32. The van der Waals surface area contributed by atoms with Crippen molar-refractivity contribution < 1.29 is 17.9 Å². The predicted molar refractivity (Wildman–Crippen MR) is 142 cm³/mol. The summed E-state index contributed by atoms with van der Waals surface area (Å²) >= 11 is 0. The van der Waals surface area contributed by atoms with Crippen molar-refractivity contribution in [2.45, 2.75) is 46.2 Å². The molecule has 0 bridgehead atoms. The van der Waals surface area contributed by atoms with Crippen molar-refractivity contribution in [2.24, 2.45) is 0 Å². The van der Waals surface area contributed by atoms with Crippen LogP contribution < -0.4 is 14.4 Å². The van der Waals surface area contributed by atoms with Gasteiger partial charge >= 0.3 is 0 Å². The normalized spacial score (nSPS) is 12.3. The van der Waals surface area contributed by atoms with Crippen LogP contribution in [-0.4, -0.2) is 27.7 Å². The molecule has 0 radical (unpaired) electrons. The zero-order chi connectivity index (χ0) is 25.8. The Bertz CT molecular complexity index is 1270. The number of hydrogen-bond acceptors (Lipinski definition) is 4. The number of nitrogens with one attached hydrogen (secondary N) is 1. The monoisotopic (exact) mass is 494 g/mol. The number of rotatable bonds is 9. The van der Waals surface area contributed by atoms with Gasteiger partial charge in [-0.05, 0) is 78.4 Å². The standard InChI is InChI=1S/C28H34N2O4S/c1-19(2)25-17-26(20(3)16-27(25)34-5)21(4)29-28(31)23-14-12-22(13-15-23)18-30(35(6,32)33)24-10-8-7-9-11-24/h7-17,19,21H,18H2,1-6H3,(H,29,31)/t21-/m0/s1. The minimum absolute atomic E-state index is 0.185. The van der Waals surface area contributed by atoms with E-state index in [9.17, 15) is 13.2 Å². The third-order valence-electron chi connectivity index (χ3n) is 6.04. The van der Waals surface area contributed by atoms with Gasteiger partial charge in [-0.3, -0.25) is 9.10 Å². The van der Waals surface area contributed by atoms with Gasteiger partial charge in [0.15, 0.2) is 0 Å². The molecule has 0 aliphatic heterocycles. The molecule has 186 valence electrons. The van der Waals surface area contributed by atoms with Gasteiger partial charge in [0.05, 0.1) is 31.6 Å². The number of carbonyl (C=O) groups excluding carboxylic acids is 1. The lowest BCUT2D eigenvalue weighted by molar-refractivity contribution is 0.0940. The van der Waals surface area contributed by atoms with Gasteiger partial charge in [0.1, 0.15) is 5.75 Å². The first-order valence-corrected chi connectivity index (χ1v) is 13.5. The molecule has 1 amide bonds. The van der Waals surface area contributed by atoms with Crippen molar-refractivity contribution >= 4 is 21.6 Å². The SMILES string of the molecule is COc1cc(C)c([C@H](C)NC(=O)c2ccc(CN(c3ccccc3)S(C)(=O)=O)cc2)cc1C(C)C. The summed E-state index contributed by atoms with van der Waals surface area (Å²) in [5, 5.41) is 3.08. The van der Waals surface area contributed by atoms with E-state index in [4.69, 9.17) is 4.74 Å². The number of methoxy groups -OCH3 is 1. The van der Waals surface area contributed by atoms with E-state index in [2.05, 4.69) is 25.2 Å². The lowest BCUT2D eigenvalue weighted by atomic mass is 9.93. The van der Waals surface area contributed by atoms with Crippen molar-refractivity contribution in [3.63, 3.8) is 0 Å². The second-order valence-corrected chi connectivity index (χ2v) is 11.0. The largest absolute Gasteiger partial charge is 0.496 e. The molecular weight excluding hydrogens is 460 g/mol. The smallest absolute Gasteiger partial charge is 0.251 e. The highest BCUT2D eigenvalue weighted by Gasteiger charge is 2.19. The van der Waals surface area contributed by atoms with E-state index in [0.29, 0.717) is 17.2 Å². The van der Waals surface area contributed by atoms with Crippen LogP contribution >= 0.6 is 0 Å².